The first-order valence-electron chi connectivity index (χ1n) is 19.8. The minimum atomic E-state index is -0.337. The van der Waals surface area contributed by atoms with Crippen molar-refractivity contribution in [2.45, 2.75) is 121 Å². The number of aliphatic hydroxyl groups excluding tert-OH is 1. The molecule has 0 unspecified atom stereocenters. The van der Waals surface area contributed by atoms with Crippen molar-refractivity contribution < 1.29 is 34.4 Å². The van der Waals surface area contributed by atoms with E-state index in [1.165, 1.54) is 48.5 Å². The predicted octanol–water partition coefficient (Wildman–Crippen LogP) is 14.8. The number of fused-ring (bicyclic) bond motifs is 3. The molecule has 0 saturated heterocycles. The van der Waals surface area contributed by atoms with E-state index >= 15 is 0 Å². The van der Waals surface area contributed by atoms with E-state index < -0.39 is 0 Å². The van der Waals surface area contributed by atoms with Gasteiger partial charge in [-0.1, -0.05) is 117 Å². The first-order chi connectivity index (χ1) is 25.5. The van der Waals surface area contributed by atoms with Crippen molar-refractivity contribution in [2.24, 2.45) is 16.7 Å². The fraction of sp³-hybridized carbons (Fsp3) is 0.429. The minimum Gasteiger partial charge on any atom is -0.512 e. The van der Waals surface area contributed by atoms with Gasteiger partial charge < -0.3 is 9.52 Å². The van der Waals surface area contributed by atoms with Crippen LogP contribution in [0.3, 0.4) is 0 Å². The van der Waals surface area contributed by atoms with Crippen LogP contribution in [0.1, 0.15) is 119 Å². The van der Waals surface area contributed by atoms with Crippen LogP contribution in [0.15, 0.2) is 83.1 Å². The van der Waals surface area contributed by atoms with Gasteiger partial charge in [0.25, 0.3) is 0 Å². The molecule has 0 aliphatic rings. The van der Waals surface area contributed by atoms with Crippen LogP contribution in [0.4, 0.5) is 0 Å². The number of aromatic nitrogens is 1. The number of ketones is 1. The zero-order valence-corrected chi connectivity index (χ0v) is 38.2. The SMILES string of the molecule is CCC(C)(CC)C(=O)/C=C(\O)C(C)(CC)CC.Cc1oc2cc(-c3cc4c(-c5[c-]c6ccccc6c(C(C)(C)C)c5)nccc4s3)ccc2c1CC(C)C.[Ir]. The molecule has 6 heteroatoms. The number of benzene rings is 3. The summed E-state index contributed by atoms with van der Waals surface area (Å²) in [4.78, 5) is 18.3. The molecular formula is C49H60IrNO3S-. The molecule has 0 bridgehead atoms. The Morgan fingerprint density at radius 2 is 1.53 bits per heavy atom. The van der Waals surface area contributed by atoms with Gasteiger partial charge in [-0.05, 0) is 79.5 Å². The Morgan fingerprint density at radius 3 is 2.15 bits per heavy atom. The molecule has 0 spiro atoms. The van der Waals surface area contributed by atoms with Gasteiger partial charge in [0, 0.05) is 69.4 Å². The number of nitrogens with zero attached hydrogens (tertiary/aromatic N) is 1. The third-order valence-electron chi connectivity index (χ3n) is 11.8. The summed E-state index contributed by atoms with van der Waals surface area (Å²) in [5, 5.41) is 14.9. The van der Waals surface area contributed by atoms with E-state index in [1.807, 2.05) is 59.1 Å². The number of aryl methyl sites for hydroxylation is 1. The third-order valence-corrected chi connectivity index (χ3v) is 12.9. The molecule has 3 aromatic heterocycles. The van der Waals surface area contributed by atoms with Gasteiger partial charge in [-0.25, -0.2) is 0 Å². The molecule has 6 rings (SSSR count). The number of hydrogen-bond donors (Lipinski definition) is 1. The van der Waals surface area contributed by atoms with Crippen molar-refractivity contribution in [1.82, 2.24) is 4.98 Å². The number of pyridine rings is 1. The van der Waals surface area contributed by atoms with Gasteiger partial charge in [0.15, 0.2) is 5.78 Å². The molecule has 1 radical (unpaired) electrons. The Morgan fingerprint density at radius 1 is 0.873 bits per heavy atom. The molecule has 0 saturated carbocycles. The normalized spacial score (nSPS) is 12.6. The zero-order chi connectivity index (χ0) is 39.6. The fourth-order valence-corrected chi connectivity index (χ4v) is 8.12. The quantitative estimate of drug-likeness (QED) is 0.0799. The van der Waals surface area contributed by atoms with Crippen molar-refractivity contribution in [2.75, 3.05) is 0 Å². The van der Waals surface area contributed by atoms with Gasteiger partial charge in [0.2, 0.25) is 0 Å². The third kappa shape index (κ3) is 9.36. The van der Waals surface area contributed by atoms with Crippen LogP contribution in [0.2, 0.25) is 0 Å². The average Bonchev–Trinajstić information content (AvgIpc) is 3.73. The molecule has 0 aliphatic carbocycles. The van der Waals surface area contributed by atoms with Gasteiger partial charge in [0.1, 0.15) is 17.1 Å². The van der Waals surface area contributed by atoms with Gasteiger partial charge >= 0.3 is 0 Å². The van der Waals surface area contributed by atoms with E-state index in [0.29, 0.717) is 5.92 Å². The number of aliphatic hydroxyl groups is 1. The number of furan rings is 1. The summed E-state index contributed by atoms with van der Waals surface area (Å²) in [7, 11) is 0. The molecular weight excluding hydrogens is 875 g/mol. The summed E-state index contributed by atoms with van der Waals surface area (Å²) in [6, 6.07) is 25.6. The molecule has 0 amide bonds. The first kappa shape index (κ1) is 44.1. The smallest absolute Gasteiger partial charge is 0.164 e. The number of carbonyl (C=O) groups excluding carboxylic acids is 1. The molecule has 55 heavy (non-hydrogen) atoms. The first-order valence-corrected chi connectivity index (χ1v) is 20.6. The van der Waals surface area contributed by atoms with Crippen LogP contribution in [-0.2, 0) is 36.7 Å². The van der Waals surface area contributed by atoms with Crippen molar-refractivity contribution in [3.05, 3.63) is 102 Å². The maximum Gasteiger partial charge on any atom is 0.164 e. The standard InChI is InChI=1S/C34H32NOS.C15H28O2.Ir/c1-20(2)15-27-21(3)36-30-18-23(11-12-26(27)30)32-19-28-31(37-32)13-14-35-33(28)24-16-22-9-7-8-10-25(22)29(17-24)34(4,5)6;1-7-14(5,8-2)12(16)11-13(17)15(6,9-3)10-4;/h7-14,17-20H,15H2,1-6H3;11,16H,7-10H2,1-6H3;/q-1;;/b;12-11-;. The minimum absolute atomic E-state index is 0. The van der Waals surface area contributed by atoms with Crippen molar-refractivity contribution >= 4 is 48.9 Å². The van der Waals surface area contributed by atoms with Crippen LogP contribution >= 0.6 is 11.3 Å². The Hall–Kier alpha value is -3.57. The van der Waals surface area contributed by atoms with E-state index in [9.17, 15) is 9.90 Å². The van der Waals surface area contributed by atoms with E-state index in [1.54, 1.807) is 0 Å². The molecule has 6 aromatic rings. The number of allylic oxidation sites excluding steroid dienone is 2. The number of hydrogen-bond acceptors (Lipinski definition) is 5. The van der Waals surface area contributed by atoms with Crippen LogP contribution in [0, 0.1) is 29.7 Å². The summed E-state index contributed by atoms with van der Waals surface area (Å²) in [5.41, 5.74) is 6.26. The monoisotopic (exact) mass is 935 g/mol. The fourth-order valence-electron chi connectivity index (χ4n) is 7.07. The second-order valence-corrected chi connectivity index (χ2v) is 18.0. The molecule has 4 nitrogen and oxygen atoms in total. The van der Waals surface area contributed by atoms with Crippen LogP contribution < -0.4 is 0 Å². The summed E-state index contributed by atoms with van der Waals surface area (Å²) < 4.78 is 7.43. The van der Waals surface area contributed by atoms with E-state index in [0.717, 1.165) is 60.1 Å². The molecule has 0 aliphatic heterocycles. The Kier molecular flexibility index (Phi) is 14.2. The summed E-state index contributed by atoms with van der Waals surface area (Å²) in [5.74, 6) is 1.91. The average molecular weight is 935 g/mol. The van der Waals surface area contributed by atoms with Crippen molar-refractivity contribution in [3.63, 3.8) is 0 Å². The maximum atomic E-state index is 12.2. The molecule has 0 fully saturated rings. The van der Waals surface area contributed by atoms with E-state index in [4.69, 9.17) is 9.40 Å². The number of rotatable bonds is 11. The van der Waals surface area contributed by atoms with Gasteiger partial charge in [-0.3, -0.25) is 9.78 Å². The Labute approximate surface area is 347 Å². The summed E-state index contributed by atoms with van der Waals surface area (Å²) in [6.45, 7) is 25.5. The Balaban J connectivity index is 0.000000320. The molecule has 0 atom stereocenters. The topological polar surface area (TPSA) is 63.3 Å². The van der Waals surface area contributed by atoms with E-state index in [-0.39, 0.29) is 47.9 Å². The van der Waals surface area contributed by atoms with Crippen molar-refractivity contribution in [3.8, 4) is 21.7 Å². The summed E-state index contributed by atoms with van der Waals surface area (Å²) >= 11 is 1.81. The maximum absolute atomic E-state index is 12.2. The second-order valence-electron chi connectivity index (χ2n) is 16.9. The second kappa shape index (κ2) is 17.7. The van der Waals surface area contributed by atoms with Crippen LogP contribution in [-0.4, -0.2) is 15.9 Å². The molecule has 3 heterocycles. The van der Waals surface area contributed by atoms with Crippen LogP contribution in [0.5, 0.6) is 0 Å². The van der Waals surface area contributed by atoms with Crippen LogP contribution in [0.25, 0.3) is 53.5 Å². The number of carbonyl (C=O) groups is 1. The molecule has 295 valence electrons. The zero-order valence-electron chi connectivity index (χ0n) is 35.0. The van der Waals surface area contributed by atoms with Gasteiger partial charge in [0.05, 0.1) is 0 Å². The van der Waals surface area contributed by atoms with Gasteiger partial charge in [-0.2, -0.15) is 0 Å². The predicted molar refractivity (Wildman–Crippen MR) is 232 cm³/mol. The van der Waals surface area contributed by atoms with E-state index in [2.05, 4.69) is 108 Å². The largest absolute Gasteiger partial charge is 0.512 e. The molecule has 3 aromatic carbocycles. The van der Waals surface area contributed by atoms with Crippen molar-refractivity contribution in [1.29, 1.82) is 0 Å². The number of thiophene rings is 1. The summed E-state index contributed by atoms with van der Waals surface area (Å²) in [6.07, 6.45) is 7.72. The Bertz CT molecular complexity index is 2290. The van der Waals surface area contributed by atoms with Gasteiger partial charge in [-0.15, -0.1) is 40.5 Å². The molecule has 1 N–H and O–H groups in total.